The summed E-state index contributed by atoms with van der Waals surface area (Å²) in [6.45, 7) is 3.72. The molecule has 2 aromatic rings. The third kappa shape index (κ3) is 1.57. The van der Waals surface area contributed by atoms with Gasteiger partial charge in [-0.25, -0.2) is 4.39 Å². The van der Waals surface area contributed by atoms with Crippen molar-refractivity contribution < 1.29 is 4.39 Å². The lowest BCUT2D eigenvalue weighted by Crippen LogP contribution is -2.14. The summed E-state index contributed by atoms with van der Waals surface area (Å²) in [6.07, 6.45) is 0.600. The second-order valence-corrected chi connectivity index (χ2v) is 4.54. The van der Waals surface area contributed by atoms with E-state index in [1.54, 1.807) is 6.07 Å². The highest BCUT2D eigenvalue weighted by atomic mass is 79.9. The molecule has 1 N–H and O–H groups in total. The molecule has 2 nitrogen and oxygen atoms in total. The number of aryl methyl sites for hydroxylation is 1. The number of aromatic nitrogens is 1. The number of fused-ring (bicyclic) bond motifs is 1. The minimum absolute atomic E-state index is 0.136. The second-order valence-electron chi connectivity index (χ2n) is 3.69. The van der Waals surface area contributed by atoms with E-state index in [1.807, 2.05) is 13.8 Å². The fourth-order valence-electron chi connectivity index (χ4n) is 1.91. The van der Waals surface area contributed by atoms with Crippen molar-refractivity contribution in [3.63, 3.8) is 0 Å². The minimum atomic E-state index is -0.478. The molecular weight excluding hydrogens is 273 g/mol. The maximum atomic E-state index is 13.6. The van der Waals surface area contributed by atoms with Gasteiger partial charge in [0.05, 0.1) is 10.9 Å². The van der Waals surface area contributed by atoms with E-state index in [-0.39, 0.29) is 10.8 Å². The Morgan fingerprint density at radius 2 is 2.12 bits per heavy atom. The van der Waals surface area contributed by atoms with E-state index in [9.17, 15) is 9.18 Å². The van der Waals surface area contributed by atoms with Gasteiger partial charge in [-0.05, 0) is 41.4 Å². The molecule has 0 spiro atoms. The van der Waals surface area contributed by atoms with Crippen LogP contribution in [0.15, 0.2) is 21.4 Å². The van der Waals surface area contributed by atoms with Gasteiger partial charge in [-0.1, -0.05) is 6.92 Å². The maximum Gasteiger partial charge on any atom is 0.195 e. The van der Waals surface area contributed by atoms with Crippen LogP contribution >= 0.6 is 15.9 Å². The molecule has 1 heterocycles. The highest BCUT2D eigenvalue weighted by molar-refractivity contribution is 9.10. The molecule has 0 amide bonds. The van der Waals surface area contributed by atoms with Gasteiger partial charge >= 0.3 is 0 Å². The summed E-state index contributed by atoms with van der Waals surface area (Å²) in [5.41, 5.74) is 1.75. The largest absolute Gasteiger partial charge is 0.357 e. The van der Waals surface area contributed by atoms with Crippen LogP contribution in [0.3, 0.4) is 0 Å². The summed E-state index contributed by atoms with van der Waals surface area (Å²) < 4.78 is 14.3. The fraction of sp³-hybridized carbons (Fsp3) is 0.250. The third-order valence-corrected chi connectivity index (χ3v) is 3.38. The number of hydrogen-bond donors (Lipinski definition) is 1. The number of H-pyrrole nitrogens is 1. The van der Waals surface area contributed by atoms with Crippen molar-refractivity contribution in [3.8, 4) is 0 Å². The van der Waals surface area contributed by atoms with Crippen LogP contribution in [0.1, 0.15) is 18.2 Å². The lowest BCUT2D eigenvalue weighted by molar-refractivity contribution is 0.638. The highest BCUT2D eigenvalue weighted by Gasteiger charge is 2.13. The highest BCUT2D eigenvalue weighted by Crippen LogP contribution is 2.23. The van der Waals surface area contributed by atoms with Crippen molar-refractivity contribution in [3.05, 3.63) is 43.9 Å². The molecule has 0 aliphatic heterocycles. The lowest BCUT2D eigenvalue weighted by Gasteiger charge is -2.08. The Kier molecular flexibility index (Phi) is 2.84. The number of aromatic amines is 1. The molecule has 0 saturated carbocycles. The van der Waals surface area contributed by atoms with Crippen LogP contribution in [-0.4, -0.2) is 4.98 Å². The SMILES string of the molecule is CCc1c(C)[nH]c2c(Br)ccc(F)c2c1=O. The Bertz CT molecular complexity index is 618. The predicted octanol–water partition coefficient (Wildman–Crippen LogP) is 3.30. The van der Waals surface area contributed by atoms with E-state index in [0.29, 0.717) is 22.0 Å². The summed E-state index contributed by atoms with van der Waals surface area (Å²) in [7, 11) is 0. The van der Waals surface area contributed by atoms with Crippen LogP contribution in [0.4, 0.5) is 4.39 Å². The number of halogens is 2. The first kappa shape index (κ1) is 11.3. The summed E-state index contributed by atoms with van der Waals surface area (Å²) in [6, 6.07) is 2.90. The van der Waals surface area contributed by atoms with Gasteiger partial charge in [0.25, 0.3) is 0 Å². The summed E-state index contributed by atoms with van der Waals surface area (Å²) in [5, 5.41) is 0.136. The average molecular weight is 284 g/mol. The molecule has 0 bridgehead atoms. The third-order valence-electron chi connectivity index (χ3n) is 2.72. The Morgan fingerprint density at radius 1 is 1.44 bits per heavy atom. The van der Waals surface area contributed by atoms with Gasteiger partial charge in [-0.15, -0.1) is 0 Å². The van der Waals surface area contributed by atoms with Crippen molar-refractivity contribution in [1.29, 1.82) is 0 Å². The molecule has 0 fully saturated rings. The topological polar surface area (TPSA) is 32.9 Å². The molecule has 84 valence electrons. The number of benzene rings is 1. The van der Waals surface area contributed by atoms with Gasteiger partial charge in [0, 0.05) is 15.7 Å². The Balaban J connectivity index is 3.05. The average Bonchev–Trinajstić information content (AvgIpc) is 2.24. The molecule has 16 heavy (non-hydrogen) atoms. The van der Waals surface area contributed by atoms with Gasteiger partial charge in [-0.2, -0.15) is 0 Å². The first-order chi connectivity index (χ1) is 7.56. The molecule has 1 aromatic heterocycles. The normalized spacial score (nSPS) is 11.0. The molecule has 4 heteroatoms. The summed E-state index contributed by atoms with van der Waals surface area (Å²) in [4.78, 5) is 15.1. The van der Waals surface area contributed by atoms with Crippen LogP contribution in [0.2, 0.25) is 0 Å². The van der Waals surface area contributed by atoms with Crippen molar-refractivity contribution in [2.24, 2.45) is 0 Å². The number of nitrogens with one attached hydrogen (secondary N) is 1. The van der Waals surface area contributed by atoms with Crippen molar-refractivity contribution >= 4 is 26.8 Å². The molecule has 0 atom stereocenters. The van der Waals surface area contributed by atoms with E-state index in [0.717, 1.165) is 5.69 Å². The molecule has 0 aliphatic rings. The first-order valence-corrected chi connectivity index (χ1v) is 5.85. The van der Waals surface area contributed by atoms with Crippen LogP contribution in [-0.2, 0) is 6.42 Å². The van der Waals surface area contributed by atoms with Crippen LogP contribution in [0.25, 0.3) is 10.9 Å². The molecule has 0 aliphatic carbocycles. The monoisotopic (exact) mass is 283 g/mol. The Hall–Kier alpha value is -1.16. The summed E-state index contributed by atoms with van der Waals surface area (Å²) >= 11 is 3.31. The molecule has 1 aromatic carbocycles. The Morgan fingerprint density at radius 3 is 2.75 bits per heavy atom. The summed E-state index contributed by atoms with van der Waals surface area (Å²) in [5.74, 6) is -0.478. The van der Waals surface area contributed by atoms with Gasteiger partial charge < -0.3 is 4.98 Å². The number of rotatable bonds is 1. The van der Waals surface area contributed by atoms with Gasteiger partial charge in [0.15, 0.2) is 5.43 Å². The van der Waals surface area contributed by atoms with Gasteiger partial charge in [0.1, 0.15) is 5.82 Å². The smallest absolute Gasteiger partial charge is 0.195 e. The number of hydrogen-bond acceptors (Lipinski definition) is 1. The fourth-order valence-corrected chi connectivity index (χ4v) is 2.34. The Labute approximate surface area is 101 Å². The number of pyridine rings is 1. The zero-order chi connectivity index (χ0) is 11.9. The van der Waals surface area contributed by atoms with E-state index >= 15 is 0 Å². The molecule has 2 rings (SSSR count). The van der Waals surface area contributed by atoms with Crippen molar-refractivity contribution in [2.45, 2.75) is 20.3 Å². The van der Waals surface area contributed by atoms with Crippen LogP contribution in [0, 0.1) is 12.7 Å². The van der Waals surface area contributed by atoms with Crippen LogP contribution in [0.5, 0.6) is 0 Å². The van der Waals surface area contributed by atoms with Gasteiger partial charge in [-0.3, -0.25) is 4.79 Å². The maximum absolute atomic E-state index is 13.6. The molecular formula is C12H11BrFNO. The molecule has 0 radical (unpaired) electrons. The molecule has 0 saturated heterocycles. The lowest BCUT2D eigenvalue weighted by atomic mass is 10.1. The molecule has 0 unspecified atom stereocenters. The van der Waals surface area contributed by atoms with E-state index in [4.69, 9.17) is 0 Å². The standard InChI is InChI=1S/C12H11BrFNO/c1-3-7-6(2)15-11-8(13)4-5-9(14)10(11)12(7)16/h4-5H,3H2,1-2H3,(H,15,16). The zero-order valence-electron chi connectivity index (χ0n) is 9.03. The van der Waals surface area contributed by atoms with E-state index in [2.05, 4.69) is 20.9 Å². The van der Waals surface area contributed by atoms with E-state index < -0.39 is 5.82 Å². The van der Waals surface area contributed by atoms with E-state index in [1.165, 1.54) is 6.07 Å². The first-order valence-electron chi connectivity index (χ1n) is 5.05. The second kappa shape index (κ2) is 4.01. The minimum Gasteiger partial charge on any atom is -0.357 e. The van der Waals surface area contributed by atoms with Crippen LogP contribution < -0.4 is 5.43 Å². The van der Waals surface area contributed by atoms with Gasteiger partial charge in [0.2, 0.25) is 0 Å². The quantitative estimate of drug-likeness (QED) is 0.856. The zero-order valence-corrected chi connectivity index (χ0v) is 10.6. The predicted molar refractivity (Wildman–Crippen MR) is 66.3 cm³/mol. The van der Waals surface area contributed by atoms with Crippen molar-refractivity contribution in [1.82, 2.24) is 4.98 Å². The van der Waals surface area contributed by atoms with Crippen molar-refractivity contribution in [2.75, 3.05) is 0 Å².